The molecule has 1 aliphatic heterocycles. The number of nitro groups is 1. The van der Waals surface area contributed by atoms with E-state index in [0.29, 0.717) is 11.3 Å². The summed E-state index contributed by atoms with van der Waals surface area (Å²) in [6.07, 6.45) is 3.78. The lowest BCUT2D eigenvalue weighted by molar-refractivity contribution is -0.384. The van der Waals surface area contributed by atoms with Gasteiger partial charge in [0.1, 0.15) is 5.69 Å². The Morgan fingerprint density at radius 2 is 2.26 bits per heavy atom. The lowest BCUT2D eigenvalue weighted by Gasteiger charge is -2.28. The minimum atomic E-state index is -0.491. The lowest BCUT2D eigenvalue weighted by Crippen LogP contribution is -2.34. The molecule has 1 aromatic carbocycles. The van der Waals surface area contributed by atoms with Crippen molar-refractivity contribution in [3.8, 4) is 0 Å². The zero-order valence-corrected chi connectivity index (χ0v) is 14.0. The Morgan fingerprint density at radius 1 is 1.48 bits per heavy atom. The number of hydrogen-bond acceptors (Lipinski definition) is 6. The molecule has 1 unspecified atom stereocenters. The van der Waals surface area contributed by atoms with Crippen molar-refractivity contribution in [3.63, 3.8) is 0 Å². The van der Waals surface area contributed by atoms with Gasteiger partial charge in [-0.25, -0.2) is 4.79 Å². The molecule has 1 fully saturated rings. The fourth-order valence-corrected chi connectivity index (χ4v) is 3.56. The van der Waals surface area contributed by atoms with Gasteiger partial charge >= 0.3 is 5.97 Å². The summed E-state index contributed by atoms with van der Waals surface area (Å²) in [6.45, 7) is 2.89. The molecular formula is C16H20N2O4S. The van der Waals surface area contributed by atoms with Crippen LogP contribution < -0.4 is 4.90 Å². The maximum atomic E-state index is 11.5. The van der Waals surface area contributed by atoms with E-state index >= 15 is 0 Å². The van der Waals surface area contributed by atoms with E-state index in [1.54, 1.807) is 12.1 Å². The molecule has 1 aliphatic rings. The number of nitrogens with zero attached hydrogens (tertiary/aromatic N) is 2. The van der Waals surface area contributed by atoms with Crippen LogP contribution in [0.2, 0.25) is 0 Å². The molecule has 1 aromatic rings. The third-order valence-electron chi connectivity index (χ3n) is 3.81. The van der Waals surface area contributed by atoms with E-state index in [-0.39, 0.29) is 16.7 Å². The van der Waals surface area contributed by atoms with E-state index in [1.165, 1.54) is 25.3 Å². The normalized spacial score (nSPS) is 18.7. The molecule has 0 aromatic heterocycles. The maximum Gasteiger partial charge on any atom is 0.330 e. The molecule has 6 nitrogen and oxygen atoms in total. The molecule has 1 saturated heterocycles. The van der Waals surface area contributed by atoms with Gasteiger partial charge in [-0.05, 0) is 36.8 Å². The molecule has 0 amide bonds. The standard InChI is InChI=1S/C16H20N2O4S/c1-12-7-9-23-10-8-17(12)14-5-3-13(4-6-16(19)22-2)11-15(14)18(20)21/h3-6,11-12H,7-10H2,1-2H3/b6-4+. The van der Waals surface area contributed by atoms with Crippen LogP contribution in [0.3, 0.4) is 0 Å². The van der Waals surface area contributed by atoms with Crippen molar-refractivity contribution >= 4 is 35.2 Å². The van der Waals surface area contributed by atoms with Crippen LogP contribution in [0.15, 0.2) is 24.3 Å². The third-order valence-corrected chi connectivity index (χ3v) is 4.80. The van der Waals surface area contributed by atoms with Gasteiger partial charge in [0.2, 0.25) is 0 Å². The van der Waals surface area contributed by atoms with Crippen LogP contribution in [0.4, 0.5) is 11.4 Å². The van der Waals surface area contributed by atoms with Crippen LogP contribution in [0.25, 0.3) is 6.08 Å². The zero-order chi connectivity index (χ0) is 16.8. The summed E-state index contributed by atoms with van der Waals surface area (Å²) in [7, 11) is 1.29. The van der Waals surface area contributed by atoms with E-state index in [9.17, 15) is 14.9 Å². The average Bonchev–Trinajstić information content (AvgIpc) is 2.76. The van der Waals surface area contributed by atoms with Gasteiger partial charge in [0.15, 0.2) is 0 Å². The number of rotatable bonds is 4. The largest absolute Gasteiger partial charge is 0.466 e. The summed E-state index contributed by atoms with van der Waals surface area (Å²) in [5.74, 6) is 1.55. The molecule has 1 heterocycles. The molecule has 0 aliphatic carbocycles. The molecule has 0 spiro atoms. The van der Waals surface area contributed by atoms with Gasteiger partial charge in [-0.3, -0.25) is 10.1 Å². The van der Waals surface area contributed by atoms with Crippen molar-refractivity contribution in [2.45, 2.75) is 19.4 Å². The highest BCUT2D eigenvalue weighted by Gasteiger charge is 2.24. The van der Waals surface area contributed by atoms with Gasteiger partial charge in [0, 0.05) is 30.5 Å². The third kappa shape index (κ3) is 4.48. The number of esters is 1. The topological polar surface area (TPSA) is 72.7 Å². The number of carbonyl (C=O) groups is 1. The summed E-state index contributed by atoms with van der Waals surface area (Å²) in [5, 5.41) is 11.5. The summed E-state index contributed by atoms with van der Waals surface area (Å²) in [6, 6.07) is 5.31. The number of hydrogen-bond donors (Lipinski definition) is 0. The van der Waals surface area contributed by atoms with Gasteiger partial charge < -0.3 is 9.64 Å². The van der Waals surface area contributed by atoms with Gasteiger partial charge in [0.05, 0.1) is 12.0 Å². The Labute approximate surface area is 139 Å². The number of ether oxygens (including phenoxy) is 1. The molecular weight excluding hydrogens is 316 g/mol. The monoisotopic (exact) mass is 336 g/mol. The van der Waals surface area contributed by atoms with Gasteiger partial charge in [-0.1, -0.05) is 6.07 Å². The predicted octanol–water partition coefficient (Wildman–Crippen LogP) is 3.11. The Morgan fingerprint density at radius 3 is 2.96 bits per heavy atom. The Bertz CT molecular complexity index is 618. The highest BCUT2D eigenvalue weighted by Crippen LogP contribution is 2.33. The van der Waals surface area contributed by atoms with Crippen LogP contribution >= 0.6 is 11.8 Å². The Balaban J connectivity index is 2.34. The molecule has 7 heteroatoms. The van der Waals surface area contributed by atoms with Crippen LogP contribution in [-0.2, 0) is 9.53 Å². The second-order valence-corrected chi connectivity index (χ2v) is 6.53. The van der Waals surface area contributed by atoms with Crippen molar-refractivity contribution in [3.05, 3.63) is 40.0 Å². The van der Waals surface area contributed by atoms with E-state index in [4.69, 9.17) is 0 Å². The first kappa shape index (κ1) is 17.3. The zero-order valence-electron chi connectivity index (χ0n) is 13.2. The number of thioether (sulfide) groups is 1. The molecule has 0 saturated carbocycles. The highest BCUT2D eigenvalue weighted by atomic mass is 32.2. The first-order chi connectivity index (χ1) is 11.0. The summed E-state index contributed by atoms with van der Waals surface area (Å²) < 4.78 is 4.53. The molecule has 0 radical (unpaired) electrons. The Hall–Kier alpha value is -2.02. The van der Waals surface area contributed by atoms with Crippen molar-refractivity contribution in [1.82, 2.24) is 0 Å². The lowest BCUT2D eigenvalue weighted by atomic mass is 10.1. The van der Waals surface area contributed by atoms with Crippen LogP contribution in [0.1, 0.15) is 18.9 Å². The van der Waals surface area contributed by atoms with Crippen molar-refractivity contribution in [2.75, 3.05) is 30.1 Å². The molecule has 124 valence electrons. The number of anilines is 1. The fraction of sp³-hybridized carbons (Fsp3) is 0.438. The van der Waals surface area contributed by atoms with Gasteiger partial charge in [-0.2, -0.15) is 11.8 Å². The van der Waals surface area contributed by atoms with E-state index in [1.807, 2.05) is 11.8 Å². The predicted molar refractivity (Wildman–Crippen MR) is 92.9 cm³/mol. The second-order valence-electron chi connectivity index (χ2n) is 5.31. The van der Waals surface area contributed by atoms with Crippen LogP contribution in [-0.4, -0.2) is 42.1 Å². The maximum absolute atomic E-state index is 11.5. The number of carbonyl (C=O) groups excluding carboxylic acids is 1. The number of methoxy groups -OCH3 is 1. The van der Waals surface area contributed by atoms with E-state index < -0.39 is 5.97 Å². The second kappa shape index (κ2) is 8.01. The molecule has 1 atom stereocenters. The van der Waals surface area contributed by atoms with Crippen LogP contribution in [0.5, 0.6) is 0 Å². The van der Waals surface area contributed by atoms with E-state index in [0.717, 1.165) is 24.5 Å². The van der Waals surface area contributed by atoms with E-state index in [2.05, 4.69) is 16.6 Å². The average molecular weight is 336 g/mol. The number of nitro benzene ring substituents is 1. The van der Waals surface area contributed by atoms with Gasteiger partial charge in [-0.15, -0.1) is 0 Å². The SMILES string of the molecule is COC(=O)/C=C/c1ccc(N2CCSCCC2C)c([N+](=O)[O-])c1. The highest BCUT2D eigenvalue weighted by molar-refractivity contribution is 7.99. The molecule has 0 bridgehead atoms. The molecule has 0 N–H and O–H groups in total. The van der Waals surface area contributed by atoms with Crippen molar-refractivity contribution in [2.24, 2.45) is 0 Å². The Kier molecular flexibility index (Phi) is 6.04. The summed E-state index contributed by atoms with van der Waals surface area (Å²) in [5.41, 5.74) is 1.30. The number of benzene rings is 1. The minimum absolute atomic E-state index is 0.0655. The first-order valence-electron chi connectivity index (χ1n) is 7.41. The van der Waals surface area contributed by atoms with Crippen LogP contribution in [0, 0.1) is 10.1 Å². The van der Waals surface area contributed by atoms with Crippen molar-refractivity contribution in [1.29, 1.82) is 0 Å². The quantitative estimate of drug-likeness (QED) is 0.364. The first-order valence-corrected chi connectivity index (χ1v) is 8.57. The summed E-state index contributed by atoms with van der Waals surface area (Å²) >= 11 is 1.88. The van der Waals surface area contributed by atoms with Gasteiger partial charge in [0.25, 0.3) is 5.69 Å². The molecule has 23 heavy (non-hydrogen) atoms. The smallest absolute Gasteiger partial charge is 0.330 e. The minimum Gasteiger partial charge on any atom is -0.466 e. The fourth-order valence-electron chi connectivity index (χ4n) is 2.52. The summed E-state index contributed by atoms with van der Waals surface area (Å²) in [4.78, 5) is 24.3. The van der Waals surface area contributed by atoms with Crippen molar-refractivity contribution < 1.29 is 14.5 Å². The molecule has 2 rings (SSSR count).